The van der Waals surface area contributed by atoms with Gasteiger partial charge in [-0.15, -0.1) is 0 Å². The van der Waals surface area contributed by atoms with Crippen LogP contribution in [0, 0.1) is 23.7 Å². The van der Waals surface area contributed by atoms with Gasteiger partial charge in [-0.3, -0.25) is 14.4 Å². The monoisotopic (exact) mass is 506 g/mol. The van der Waals surface area contributed by atoms with Crippen LogP contribution >= 0.6 is 11.6 Å². The minimum absolute atomic E-state index is 0.0792. The van der Waals surface area contributed by atoms with E-state index in [1.165, 1.54) is 4.90 Å². The molecule has 2 amide bonds. The number of carbonyl (C=O) groups excluding carboxylic acids is 3. The molecule has 4 rings (SSSR count). The molecule has 0 aliphatic carbocycles. The van der Waals surface area contributed by atoms with Crippen LogP contribution in [0.1, 0.15) is 47.5 Å². The first kappa shape index (κ1) is 25.9. The number of fused-ring (bicyclic) bond motifs is 1. The number of carbonyl (C=O) groups is 3. The van der Waals surface area contributed by atoms with E-state index in [1.54, 1.807) is 31.2 Å². The van der Waals surface area contributed by atoms with Crippen LogP contribution in [0.4, 0.5) is 5.69 Å². The van der Waals surface area contributed by atoms with Crippen molar-refractivity contribution in [3.05, 3.63) is 29.3 Å². The van der Waals surface area contributed by atoms with Crippen molar-refractivity contribution in [1.29, 1.82) is 0 Å². The van der Waals surface area contributed by atoms with Crippen molar-refractivity contribution in [3.63, 3.8) is 0 Å². The number of anilines is 1. The Balaban J connectivity index is 1.80. The molecule has 8 nitrogen and oxygen atoms in total. The summed E-state index contributed by atoms with van der Waals surface area (Å²) in [6.45, 7) is 9.43. The van der Waals surface area contributed by atoms with E-state index >= 15 is 0 Å². The standard InChI is InChI=1S/C26H35ClN2O6/c1-6-34-24(33)20-19-23(32)29(18(13-30)11-14(2)3)21(26(19)12-15(4)25(20,5)35-26)22(31)28-17-9-7-16(27)8-10-17/h7-10,14-15,18-21,30H,6,11-13H2,1-5H3,(H,28,31)/t15?,18-,19+,20-,21?,25+,26?/m1/s1. The van der Waals surface area contributed by atoms with Crippen molar-refractivity contribution in [2.45, 2.75) is 70.7 Å². The van der Waals surface area contributed by atoms with Gasteiger partial charge in [-0.2, -0.15) is 0 Å². The highest BCUT2D eigenvalue weighted by Crippen LogP contribution is 2.65. The smallest absolute Gasteiger partial charge is 0.312 e. The molecule has 1 spiro atoms. The highest BCUT2D eigenvalue weighted by molar-refractivity contribution is 6.30. The van der Waals surface area contributed by atoms with E-state index in [1.807, 2.05) is 27.7 Å². The number of nitrogens with zero attached hydrogens (tertiary/aromatic N) is 1. The molecule has 3 fully saturated rings. The minimum atomic E-state index is -1.19. The Kier molecular flexibility index (Phi) is 6.94. The number of hydrogen-bond acceptors (Lipinski definition) is 6. The van der Waals surface area contributed by atoms with E-state index in [0.717, 1.165) is 0 Å². The number of hydrogen-bond donors (Lipinski definition) is 2. The minimum Gasteiger partial charge on any atom is -0.466 e. The molecule has 192 valence electrons. The zero-order valence-corrected chi connectivity index (χ0v) is 21.7. The number of nitrogens with one attached hydrogen (secondary N) is 1. The molecule has 0 radical (unpaired) electrons. The maximum absolute atomic E-state index is 14.1. The lowest BCUT2D eigenvalue weighted by Gasteiger charge is -2.37. The van der Waals surface area contributed by atoms with Gasteiger partial charge in [0, 0.05) is 10.7 Å². The van der Waals surface area contributed by atoms with Crippen LogP contribution in [0.2, 0.25) is 5.02 Å². The number of amides is 2. The molecule has 9 heteroatoms. The van der Waals surface area contributed by atoms with Gasteiger partial charge in [0.25, 0.3) is 0 Å². The summed E-state index contributed by atoms with van der Waals surface area (Å²) in [4.78, 5) is 42.6. The molecular formula is C26H35ClN2O6. The highest BCUT2D eigenvalue weighted by atomic mass is 35.5. The first-order valence-corrected chi connectivity index (χ1v) is 12.7. The second-order valence-corrected chi connectivity index (χ2v) is 11.1. The molecule has 3 heterocycles. The van der Waals surface area contributed by atoms with Crippen molar-refractivity contribution in [1.82, 2.24) is 4.90 Å². The molecule has 35 heavy (non-hydrogen) atoms. The van der Waals surface area contributed by atoms with Gasteiger partial charge >= 0.3 is 5.97 Å². The molecule has 3 aliphatic rings. The Hall–Kier alpha value is -2.16. The first-order valence-electron chi connectivity index (χ1n) is 12.4. The molecule has 1 aromatic carbocycles. The third-order valence-electron chi connectivity index (χ3n) is 8.00. The lowest BCUT2D eigenvalue weighted by molar-refractivity contribution is -0.162. The predicted molar refractivity (Wildman–Crippen MR) is 131 cm³/mol. The Morgan fingerprint density at radius 1 is 1.31 bits per heavy atom. The van der Waals surface area contributed by atoms with Gasteiger partial charge in [0.1, 0.15) is 17.6 Å². The van der Waals surface area contributed by atoms with Crippen molar-refractivity contribution >= 4 is 35.1 Å². The zero-order chi connectivity index (χ0) is 25.7. The fourth-order valence-electron chi connectivity index (χ4n) is 6.52. The maximum Gasteiger partial charge on any atom is 0.312 e. The number of likely N-dealkylation sites (tertiary alicyclic amines) is 1. The summed E-state index contributed by atoms with van der Waals surface area (Å²) in [5, 5.41) is 13.7. The van der Waals surface area contributed by atoms with Crippen molar-refractivity contribution < 1.29 is 29.0 Å². The van der Waals surface area contributed by atoms with Crippen LogP contribution < -0.4 is 5.32 Å². The predicted octanol–water partition coefficient (Wildman–Crippen LogP) is 3.26. The van der Waals surface area contributed by atoms with Gasteiger partial charge in [0.2, 0.25) is 11.8 Å². The Morgan fingerprint density at radius 3 is 2.54 bits per heavy atom. The summed E-state index contributed by atoms with van der Waals surface area (Å²) < 4.78 is 12.0. The van der Waals surface area contributed by atoms with Crippen LogP contribution in [0.3, 0.4) is 0 Å². The third-order valence-corrected chi connectivity index (χ3v) is 8.25. The fourth-order valence-corrected chi connectivity index (χ4v) is 6.65. The number of halogens is 1. The molecule has 2 bridgehead atoms. The zero-order valence-electron chi connectivity index (χ0n) is 20.9. The quantitative estimate of drug-likeness (QED) is 0.524. The Labute approximate surface area is 211 Å². The van der Waals surface area contributed by atoms with Gasteiger partial charge in [-0.1, -0.05) is 32.4 Å². The van der Waals surface area contributed by atoms with Gasteiger partial charge in [-0.25, -0.2) is 0 Å². The molecule has 0 aromatic heterocycles. The van der Waals surface area contributed by atoms with E-state index in [-0.39, 0.29) is 31.0 Å². The second-order valence-electron chi connectivity index (χ2n) is 10.7. The maximum atomic E-state index is 14.1. The van der Waals surface area contributed by atoms with Crippen molar-refractivity contribution in [2.75, 3.05) is 18.5 Å². The van der Waals surface area contributed by atoms with Crippen LogP contribution in [-0.2, 0) is 23.9 Å². The SMILES string of the molecule is CCOC(=O)[C@H]1[C@H]2C(=O)N([C@@H](CO)CC(C)C)C(C(=O)Nc3ccc(Cl)cc3)C23CC(C)[C@]1(C)O3. The summed E-state index contributed by atoms with van der Waals surface area (Å²) in [6, 6.07) is 5.12. The first-order chi connectivity index (χ1) is 16.5. The Bertz CT molecular complexity index is 1000. The molecule has 1 aromatic rings. The van der Waals surface area contributed by atoms with Crippen LogP contribution in [0.15, 0.2) is 24.3 Å². The average Bonchev–Trinajstić information content (AvgIpc) is 3.30. The van der Waals surface area contributed by atoms with Gasteiger partial charge < -0.3 is 24.8 Å². The summed E-state index contributed by atoms with van der Waals surface area (Å²) in [5.41, 5.74) is -1.59. The Morgan fingerprint density at radius 2 is 1.97 bits per heavy atom. The molecule has 0 saturated carbocycles. The summed E-state index contributed by atoms with van der Waals surface area (Å²) in [5.74, 6) is -2.82. The molecule has 3 aliphatic heterocycles. The van der Waals surface area contributed by atoms with E-state index in [0.29, 0.717) is 23.6 Å². The van der Waals surface area contributed by atoms with Crippen LogP contribution in [0.25, 0.3) is 0 Å². The van der Waals surface area contributed by atoms with E-state index in [2.05, 4.69) is 5.32 Å². The lowest BCUT2D eigenvalue weighted by Crippen LogP contribution is -2.56. The van der Waals surface area contributed by atoms with Crippen LogP contribution in [0.5, 0.6) is 0 Å². The average molecular weight is 507 g/mol. The van der Waals surface area contributed by atoms with E-state index in [4.69, 9.17) is 21.1 Å². The summed E-state index contributed by atoms with van der Waals surface area (Å²) >= 11 is 6.00. The topological polar surface area (TPSA) is 105 Å². The normalized spacial score (nSPS) is 34.3. The molecular weight excluding hydrogens is 472 g/mol. The van der Waals surface area contributed by atoms with Crippen molar-refractivity contribution in [2.24, 2.45) is 23.7 Å². The number of ether oxygens (including phenoxy) is 2. The fraction of sp³-hybridized carbons (Fsp3) is 0.654. The molecule has 3 unspecified atom stereocenters. The third kappa shape index (κ3) is 4.03. The largest absolute Gasteiger partial charge is 0.466 e. The number of benzene rings is 1. The highest BCUT2D eigenvalue weighted by Gasteiger charge is 2.80. The van der Waals surface area contributed by atoms with Gasteiger partial charge in [0.15, 0.2) is 0 Å². The number of aliphatic hydroxyl groups excluding tert-OH is 1. The van der Waals surface area contributed by atoms with Crippen molar-refractivity contribution in [3.8, 4) is 0 Å². The van der Waals surface area contributed by atoms with Crippen LogP contribution in [-0.4, -0.2) is 64.3 Å². The number of aliphatic hydroxyl groups is 1. The van der Waals surface area contributed by atoms with Gasteiger partial charge in [-0.05, 0) is 62.8 Å². The van der Waals surface area contributed by atoms with E-state index < -0.39 is 47.0 Å². The molecule has 2 N–H and O–H groups in total. The lowest BCUT2D eigenvalue weighted by atomic mass is 9.62. The second kappa shape index (κ2) is 9.37. The number of esters is 1. The van der Waals surface area contributed by atoms with Gasteiger partial charge in [0.05, 0.1) is 30.8 Å². The van der Waals surface area contributed by atoms with E-state index in [9.17, 15) is 19.5 Å². The molecule has 3 saturated heterocycles. The number of rotatable bonds is 8. The summed E-state index contributed by atoms with van der Waals surface area (Å²) in [6.07, 6.45) is 0.956. The summed E-state index contributed by atoms with van der Waals surface area (Å²) in [7, 11) is 0. The molecule has 7 atom stereocenters.